The highest BCUT2D eigenvalue weighted by atomic mass is 35.5. The zero-order valence-corrected chi connectivity index (χ0v) is 14.2. The molecule has 1 heterocycles. The lowest BCUT2D eigenvalue weighted by Crippen LogP contribution is -2.47. The molecular weight excluding hydrogens is 315 g/mol. The van der Waals surface area contributed by atoms with Crippen molar-refractivity contribution in [3.8, 4) is 0 Å². The molecular formula is C18H20Cl2N2. The molecule has 2 aromatic carbocycles. The van der Waals surface area contributed by atoms with Crippen molar-refractivity contribution in [1.29, 1.82) is 0 Å². The van der Waals surface area contributed by atoms with Gasteiger partial charge in [-0.3, -0.25) is 4.90 Å². The predicted octanol–water partition coefficient (Wildman–Crippen LogP) is 4.88. The van der Waals surface area contributed by atoms with Gasteiger partial charge >= 0.3 is 0 Å². The first kappa shape index (κ1) is 15.7. The van der Waals surface area contributed by atoms with Crippen molar-refractivity contribution in [2.45, 2.75) is 13.0 Å². The Kier molecular flexibility index (Phi) is 4.92. The average molecular weight is 335 g/mol. The monoisotopic (exact) mass is 334 g/mol. The van der Waals surface area contributed by atoms with Gasteiger partial charge in [-0.1, -0.05) is 53.5 Å². The van der Waals surface area contributed by atoms with E-state index in [4.69, 9.17) is 23.2 Å². The molecule has 0 amide bonds. The molecule has 1 aliphatic rings. The van der Waals surface area contributed by atoms with Crippen LogP contribution < -0.4 is 4.90 Å². The fraction of sp³-hybridized carbons (Fsp3) is 0.333. The summed E-state index contributed by atoms with van der Waals surface area (Å²) in [6.07, 6.45) is 0. The van der Waals surface area contributed by atoms with E-state index >= 15 is 0 Å². The van der Waals surface area contributed by atoms with E-state index in [1.54, 1.807) is 0 Å². The van der Waals surface area contributed by atoms with Gasteiger partial charge in [-0.15, -0.1) is 0 Å². The van der Waals surface area contributed by atoms with Crippen LogP contribution in [-0.2, 0) is 0 Å². The van der Waals surface area contributed by atoms with Crippen LogP contribution in [0, 0.1) is 0 Å². The minimum atomic E-state index is 0.456. The number of nitrogens with zero attached hydrogens (tertiary/aromatic N) is 2. The summed E-state index contributed by atoms with van der Waals surface area (Å²) in [5.74, 6) is 0. The maximum absolute atomic E-state index is 6.12. The summed E-state index contributed by atoms with van der Waals surface area (Å²) in [6.45, 7) is 6.40. The Morgan fingerprint density at radius 3 is 2.18 bits per heavy atom. The van der Waals surface area contributed by atoms with E-state index in [1.165, 1.54) is 5.56 Å². The molecule has 0 radical (unpaired) electrons. The molecule has 1 fully saturated rings. The van der Waals surface area contributed by atoms with Gasteiger partial charge in [0, 0.05) is 37.9 Å². The van der Waals surface area contributed by atoms with Crippen LogP contribution in [-0.4, -0.2) is 31.1 Å². The van der Waals surface area contributed by atoms with E-state index < -0.39 is 0 Å². The SMILES string of the molecule is C[C@H](c1ccccc1)N1CCN(c2ccc(Cl)c(Cl)c2)CC1. The zero-order valence-electron chi connectivity index (χ0n) is 12.7. The molecule has 1 saturated heterocycles. The molecule has 116 valence electrons. The Morgan fingerprint density at radius 2 is 1.55 bits per heavy atom. The van der Waals surface area contributed by atoms with Gasteiger partial charge in [0.1, 0.15) is 0 Å². The summed E-state index contributed by atoms with van der Waals surface area (Å²) in [6, 6.07) is 17.0. The van der Waals surface area contributed by atoms with Gasteiger partial charge in [0.05, 0.1) is 10.0 Å². The Morgan fingerprint density at radius 1 is 0.864 bits per heavy atom. The van der Waals surface area contributed by atoms with Crippen molar-refractivity contribution < 1.29 is 0 Å². The number of hydrogen-bond donors (Lipinski definition) is 0. The third kappa shape index (κ3) is 3.40. The molecule has 1 atom stereocenters. The normalized spacial score (nSPS) is 17.5. The van der Waals surface area contributed by atoms with Crippen LogP contribution in [0.25, 0.3) is 0 Å². The summed E-state index contributed by atoms with van der Waals surface area (Å²) in [7, 11) is 0. The zero-order chi connectivity index (χ0) is 15.5. The summed E-state index contributed by atoms with van der Waals surface area (Å²) in [5.41, 5.74) is 2.53. The van der Waals surface area contributed by atoms with Crippen LogP contribution in [0.3, 0.4) is 0 Å². The van der Waals surface area contributed by atoms with Crippen LogP contribution in [0.5, 0.6) is 0 Å². The second-order valence-corrected chi connectivity index (χ2v) is 6.52. The van der Waals surface area contributed by atoms with Crippen LogP contribution >= 0.6 is 23.2 Å². The predicted molar refractivity (Wildman–Crippen MR) is 95.1 cm³/mol. The van der Waals surface area contributed by atoms with Gasteiger partial charge in [-0.2, -0.15) is 0 Å². The first-order valence-electron chi connectivity index (χ1n) is 7.64. The van der Waals surface area contributed by atoms with Crippen molar-refractivity contribution in [3.05, 3.63) is 64.1 Å². The maximum Gasteiger partial charge on any atom is 0.0612 e. The van der Waals surface area contributed by atoms with Crippen molar-refractivity contribution in [2.75, 3.05) is 31.1 Å². The fourth-order valence-corrected chi connectivity index (χ4v) is 3.28. The second kappa shape index (κ2) is 6.91. The molecule has 3 rings (SSSR count). The van der Waals surface area contributed by atoms with Gasteiger partial charge in [0.2, 0.25) is 0 Å². The highest BCUT2D eigenvalue weighted by Crippen LogP contribution is 2.29. The first-order chi connectivity index (χ1) is 10.6. The van der Waals surface area contributed by atoms with Crippen LogP contribution in [0.1, 0.15) is 18.5 Å². The smallest absolute Gasteiger partial charge is 0.0612 e. The van der Waals surface area contributed by atoms with Crippen molar-refractivity contribution in [3.63, 3.8) is 0 Å². The number of benzene rings is 2. The topological polar surface area (TPSA) is 6.48 Å². The van der Waals surface area contributed by atoms with Crippen LogP contribution in [0.2, 0.25) is 10.0 Å². The summed E-state index contributed by atoms with van der Waals surface area (Å²) >= 11 is 12.1. The first-order valence-corrected chi connectivity index (χ1v) is 8.40. The fourth-order valence-electron chi connectivity index (χ4n) is 2.99. The Hall–Kier alpha value is -1.22. The molecule has 0 unspecified atom stereocenters. The van der Waals surface area contributed by atoms with Gasteiger partial charge in [0.25, 0.3) is 0 Å². The van der Waals surface area contributed by atoms with E-state index in [1.807, 2.05) is 18.2 Å². The molecule has 0 aliphatic carbocycles. The van der Waals surface area contributed by atoms with E-state index in [0.29, 0.717) is 16.1 Å². The van der Waals surface area contributed by atoms with Crippen molar-refractivity contribution in [2.24, 2.45) is 0 Å². The average Bonchev–Trinajstić information content (AvgIpc) is 2.58. The van der Waals surface area contributed by atoms with Gasteiger partial charge < -0.3 is 4.90 Å². The standard InChI is InChI=1S/C18H20Cl2N2/c1-14(15-5-3-2-4-6-15)21-9-11-22(12-10-21)16-7-8-17(19)18(20)13-16/h2-8,13-14H,9-12H2,1H3/t14-/m1/s1. The van der Waals surface area contributed by atoms with Gasteiger partial charge in [-0.05, 0) is 30.7 Å². The Bertz CT molecular complexity index is 622. The van der Waals surface area contributed by atoms with Gasteiger partial charge in [-0.25, -0.2) is 0 Å². The summed E-state index contributed by atoms with van der Waals surface area (Å²) < 4.78 is 0. The van der Waals surface area contributed by atoms with E-state index in [-0.39, 0.29) is 0 Å². The molecule has 0 saturated carbocycles. The number of piperazine rings is 1. The largest absolute Gasteiger partial charge is 0.369 e. The van der Waals surface area contributed by atoms with Crippen molar-refractivity contribution in [1.82, 2.24) is 4.90 Å². The van der Waals surface area contributed by atoms with E-state index in [2.05, 4.69) is 47.1 Å². The minimum absolute atomic E-state index is 0.456. The molecule has 2 nitrogen and oxygen atoms in total. The third-order valence-corrected chi connectivity index (χ3v) is 5.15. The molecule has 2 aromatic rings. The number of halogens is 2. The summed E-state index contributed by atoms with van der Waals surface area (Å²) in [5, 5.41) is 1.24. The lowest BCUT2D eigenvalue weighted by molar-refractivity contribution is 0.198. The lowest BCUT2D eigenvalue weighted by Gasteiger charge is -2.39. The molecule has 22 heavy (non-hydrogen) atoms. The summed E-state index contributed by atoms with van der Waals surface area (Å²) in [4.78, 5) is 4.90. The second-order valence-electron chi connectivity index (χ2n) is 5.71. The lowest BCUT2D eigenvalue weighted by atomic mass is 10.1. The number of hydrogen-bond acceptors (Lipinski definition) is 2. The quantitative estimate of drug-likeness (QED) is 0.789. The molecule has 1 aliphatic heterocycles. The van der Waals surface area contributed by atoms with E-state index in [0.717, 1.165) is 31.9 Å². The van der Waals surface area contributed by atoms with E-state index in [9.17, 15) is 0 Å². The highest BCUT2D eigenvalue weighted by molar-refractivity contribution is 6.42. The highest BCUT2D eigenvalue weighted by Gasteiger charge is 2.22. The third-order valence-electron chi connectivity index (χ3n) is 4.41. The Labute approximate surface area is 142 Å². The maximum atomic E-state index is 6.12. The molecule has 4 heteroatoms. The molecule has 0 bridgehead atoms. The van der Waals surface area contributed by atoms with Crippen LogP contribution in [0.4, 0.5) is 5.69 Å². The number of anilines is 1. The van der Waals surface area contributed by atoms with Crippen molar-refractivity contribution >= 4 is 28.9 Å². The number of rotatable bonds is 3. The molecule has 0 aromatic heterocycles. The molecule has 0 spiro atoms. The molecule has 0 N–H and O–H groups in total. The van der Waals surface area contributed by atoms with Crippen LogP contribution in [0.15, 0.2) is 48.5 Å². The Balaban J connectivity index is 1.64. The minimum Gasteiger partial charge on any atom is -0.369 e. The van der Waals surface area contributed by atoms with Gasteiger partial charge in [0.15, 0.2) is 0 Å².